The highest BCUT2D eigenvalue weighted by Gasteiger charge is 2.10. The van der Waals surface area contributed by atoms with E-state index in [9.17, 15) is 18.0 Å². The van der Waals surface area contributed by atoms with E-state index >= 15 is 0 Å². The van der Waals surface area contributed by atoms with Crippen LogP contribution in [0.15, 0.2) is 47.4 Å². The number of amides is 1. The number of thioether (sulfide) groups is 1. The van der Waals surface area contributed by atoms with E-state index in [-0.39, 0.29) is 17.4 Å². The standard InChI is InChI=1S/C16H14F3NO2S/c1-10-6-7-11(8-13(10)22-16(18)19)20-15(21)9-23-14-5-3-2-4-12(14)17/h2-8,16H,9H2,1H3,(H,20,21). The number of ether oxygens (including phenoxy) is 1. The lowest BCUT2D eigenvalue weighted by atomic mass is 10.2. The van der Waals surface area contributed by atoms with Gasteiger partial charge in [0.15, 0.2) is 0 Å². The first-order chi connectivity index (χ1) is 11.0. The van der Waals surface area contributed by atoms with Crippen molar-refractivity contribution in [3.05, 3.63) is 53.8 Å². The lowest BCUT2D eigenvalue weighted by Crippen LogP contribution is -2.14. The molecular formula is C16H14F3NO2S. The van der Waals surface area contributed by atoms with E-state index in [2.05, 4.69) is 10.1 Å². The molecule has 2 aromatic carbocycles. The monoisotopic (exact) mass is 341 g/mol. The number of hydrogen-bond acceptors (Lipinski definition) is 3. The zero-order valence-electron chi connectivity index (χ0n) is 12.2. The van der Waals surface area contributed by atoms with Crippen molar-refractivity contribution >= 4 is 23.4 Å². The second kappa shape index (κ2) is 7.92. The topological polar surface area (TPSA) is 38.3 Å². The molecule has 0 aliphatic carbocycles. The average Bonchev–Trinajstić information content (AvgIpc) is 2.49. The maximum absolute atomic E-state index is 13.4. The van der Waals surface area contributed by atoms with Crippen LogP contribution < -0.4 is 10.1 Å². The number of halogens is 3. The zero-order valence-corrected chi connectivity index (χ0v) is 13.0. The van der Waals surface area contributed by atoms with E-state index in [0.29, 0.717) is 16.1 Å². The lowest BCUT2D eigenvalue weighted by molar-refractivity contribution is -0.113. The molecule has 2 rings (SSSR count). The summed E-state index contributed by atoms with van der Waals surface area (Å²) >= 11 is 1.05. The zero-order chi connectivity index (χ0) is 16.8. The molecule has 0 aliphatic heterocycles. The van der Waals surface area contributed by atoms with Gasteiger partial charge in [-0.2, -0.15) is 8.78 Å². The van der Waals surface area contributed by atoms with E-state index in [4.69, 9.17) is 0 Å². The predicted octanol–water partition coefficient (Wildman–Crippen LogP) is 4.47. The van der Waals surface area contributed by atoms with Crippen LogP contribution in [0.4, 0.5) is 18.9 Å². The lowest BCUT2D eigenvalue weighted by Gasteiger charge is -2.11. The number of rotatable bonds is 6. The Bertz CT molecular complexity index is 695. The predicted molar refractivity (Wildman–Crippen MR) is 83.6 cm³/mol. The number of alkyl halides is 2. The molecule has 0 bridgehead atoms. The second-order valence-electron chi connectivity index (χ2n) is 4.63. The van der Waals surface area contributed by atoms with Crippen molar-refractivity contribution in [1.29, 1.82) is 0 Å². The maximum atomic E-state index is 13.4. The molecule has 3 nitrogen and oxygen atoms in total. The van der Waals surface area contributed by atoms with Crippen LogP contribution in [-0.4, -0.2) is 18.3 Å². The molecule has 0 radical (unpaired) electrons. The van der Waals surface area contributed by atoms with Crippen molar-refractivity contribution in [3.8, 4) is 5.75 Å². The van der Waals surface area contributed by atoms with Crippen molar-refractivity contribution in [2.45, 2.75) is 18.4 Å². The van der Waals surface area contributed by atoms with Gasteiger partial charge in [0.25, 0.3) is 0 Å². The third kappa shape index (κ3) is 5.21. The third-order valence-electron chi connectivity index (χ3n) is 2.88. The van der Waals surface area contributed by atoms with Crippen LogP contribution >= 0.6 is 11.8 Å². The molecule has 7 heteroatoms. The minimum Gasteiger partial charge on any atom is -0.434 e. The minimum absolute atomic E-state index is 0.000151. The van der Waals surface area contributed by atoms with Gasteiger partial charge in [0.05, 0.1) is 5.75 Å². The summed E-state index contributed by atoms with van der Waals surface area (Å²) in [7, 11) is 0. The molecule has 0 fully saturated rings. The highest BCUT2D eigenvalue weighted by molar-refractivity contribution is 8.00. The Morgan fingerprint density at radius 2 is 2.00 bits per heavy atom. The van der Waals surface area contributed by atoms with E-state index < -0.39 is 12.4 Å². The molecule has 1 amide bonds. The Hall–Kier alpha value is -2.15. The Kier molecular flexibility index (Phi) is 5.92. The Morgan fingerprint density at radius 3 is 2.70 bits per heavy atom. The van der Waals surface area contributed by atoms with Gasteiger partial charge in [0.2, 0.25) is 5.91 Å². The number of aryl methyl sites for hydroxylation is 1. The molecule has 0 spiro atoms. The molecule has 0 saturated heterocycles. The largest absolute Gasteiger partial charge is 0.434 e. The molecule has 1 N–H and O–H groups in total. The smallest absolute Gasteiger partial charge is 0.387 e. The summed E-state index contributed by atoms with van der Waals surface area (Å²) in [5.74, 6) is -0.766. The summed E-state index contributed by atoms with van der Waals surface area (Å²) in [4.78, 5) is 12.2. The van der Waals surface area contributed by atoms with Crippen LogP contribution in [0.1, 0.15) is 5.56 Å². The van der Waals surface area contributed by atoms with E-state index in [0.717, 1.165) is 11.8 Å². The first kappa shape index (κ1) is 17.2. The van der Waals surface area contributed by atoms with Crippen LogP contribution in [0.5, 0.6) is 5.75 Å². The summed E-state index contributed by atoms with van der Waals surface area (Å²) in [5.41, 5.74) is 0.870. The summed E-state index contributed by atoms with van der Waals surface area (Å²) in [5, 5.41) is 2.57. The van der Waals surface area contributed by atoms with Gasteiger partial charge in [-0.1, -0.05) is 18.2 Å². The SMILES string of the molecule is Cc1ccc(NC(=O)CSc2ccccc2F)cc1OC(F)F. The fourth-order valence-corrected chi connectivity index (χ4v) is 2.54. The van der Waals surface area contributed by atoms with Crippen LogP contribution in [0.25, 0.3) is 0 Å². The first-order valence-electron chi connectivity index (χ1n) is 6.68. The molecule has 0 atom stereocenters. The second-order valence-corrected chi connectivity index (χ2v) is 5.64. The van der Waals surface area contributed by atoms with Gasteiger partial charge in [-0.25, -0.2) is 4.39 Å². The Labute approximate surface area is 135 Å². The highest BCUT2D eigenvalue weighted by Crippen LogP contribution is 2.25. The maximum Gasteiger partial charge on any atom is 0.387 e. The highest BCUT2D eigenvalue weighted by atomic mass is 32.2. The number of hydrogen-bond donors (Lipinski definition) is 1. The van der Waals surface area contributed by atoms with Gasteiger partial charge in [-0.15, -0.1) is 11.8 Å². The van der Waals surface area contributed by atoms with Crippen molar-refractivity contribution in [3.63, 3.8) is 0 Å². The number of nitrogens with one attached hydrogen (secondary N) is 1. The van der Waals surface area contributed by atoms with Gasteiger partial charge < -0.3 is 10.1 Å². The van der Waals surface area contributed by atoms with Gasteiger partial charge in [-0.3, -0.25) is 4.79 Å². The van der Waals surface area contributed by atoms with E-state index in [1.807, 2.05) is 0 Å². The number of carbonyl (C=O) groups excluding carboxylic acids is 1. The molecule has 0 unspecified atom stereocenters. The normalized spacial score (nSPS) is 10.7. The summed E-state index contributed by atoms with van der Waals surface area (Å²) in [6.45, 7) is -1.31. The van der Waals surface area contributed by atoms with Gasteiger partial charge in [-0.05, 0) is 30.7 Å². The minimum atomic E-state index is -2.93. The van der Waals surface area contributed by atoms with E-state index in [1.165, 1.54) is 12.1 Å². The van der Waals surface area contributed by atoms with E-state index in [1.54, 1.807) is 37.3 Å². The number of carbonyl (C=O) groups is 1. The summed E-state index contributed by atoms with van der Waals surface area (Å²) in [6.07, 6.45) is 0. The van der Waals surface area contributed by atoms with Gasteiger partial charge in [0, 0.05) is 16.6 Å². The van der Waals surface area contributed by atoms with Crippen molar-refractivity contribution in [2.75, 3.05) is 11.1 Å². The molecule has 0 aliphatic rings. The van der Waals surface area contributed by atoms with Gasteiger partial charge >= 0.3 is 6.61 Å². The molecule has 122 valence electrons. The Morgan fingerprint density at radius 1 is 1.26 bits per heavy atom. The van der Waals surface area contributed by atoms with Crippen molar-refractivity contribution in [1.82, 2.24) is 0 Å². The van der Waals surface area contributed by atoms with Crippen molar-refractivity contribution in [2.24, 2.45) is 0 Å². The average molecular weight is 341 g/mol. The van der Waals surface area contributed by atoms with Crippen LogP contribution in [-0.2, 0) is 4.79 Å². The molecule has 0 heterocycles. The first-order valence-corrected chi connectivity index (χ1v) is 7.67. The molecule has 2 aromatic rings. The number of anilines is 1. The molecule has 0 aromatic heterocycles. The van der Waals surface area contributed by atoms with Gasteiger partial charge in [0.1, 0.15) is 11.6 Å². The van der Waals surface area contributed by atoms with Crippen LogP contribution in [0.2, 0.25) is 0 Å². The van der Waals surface area contributed by atoms with Crippen LogP contribution in [0.3, 0.4) is 0 Å². The fraction of sp³-hybridized carbons (Fsp3) is 0.188. The number of benzene rings is 2. The molecule has 0 saturated carbocycles. The summed E-state index contributed by atoms with van der Waals surface area (Å²) < 4.78 is 42.4. The molecular weight excluding hydrogens is 327 g/mol. The Balaban J connectivity index is 1.96. The quantitative estimate of drug-likeness (QED) is 0.788. The third-order valence-corrected chi connectivity index (χ3v) is 3.93. The molecule has 23 heavy (non-hydrogen) atoms. The fourth-order valence-electron chi connectivity index (χ4n) is 1.80. The van der Waals surface area contributed by atoms with Crippen LogP contribution in [0, 0.1) is 12.7 Å². The van der Waals surface area contributed by atoms with Crippen molar-refractivity contribution < 1.29 is 22.7 Å². The summed E-state index contributed by atoms with van der Waals surface area (Å²) in [6, 6.07) is 10.6.